The molecule has 1 fully saturated rings. The van der Waals surface area contributed by atoms with E-state index in [1.54, 1.807) is 24.5 Å². The minimum Gasteiger partial charge on any atom is -0.355 e. The SMILES string of the molecule is C=C=C(C)/C=C\C(=C/CCl)S(=O)(=O)NC1CCCCC1.CC.O=CNCc1cccnc1. The number of halogens is 1. The number of pyridine rings is 1. The molecule has 2 N–H and O–H groups in total. The van der Waals surface area contributed by atoms with E-state index < -0.39 is 10.0 Å². The van der Waals surface area contributed by atoms with Crippen LogP contribution in [0.4, 0.5) is 0 Å². The summed E-state index contributed by atoms with van der Waals surface area (Å²) in [6.07, 6.45) is 14.0. The molecule has 1 heterocycles. The summed E-state index contributed by atoms with van der Waals surface area (Å²) in [6.45, 7) is 9.88. The van der Waals surface area contributed by atoms with Gasteiger partial charge in [-0.2, -0.15) is 0 Å². The fraction of sp³-hybridized carbons (Fsp3) is 0.458. The molecule has 0 atom stereocenters. The Balaban J connectivity index is 0.000000668. The van der Waals surface area contributed by atoms with Crippen molar-refractivity contribution in [3.63, 3.8) is 0 Å². The third-order valence-electron chi connectivity index (χ3n) is 4.40. The highest BCUT2D eigenvalue weighted by molar-refractivity contribution is 7.93. The van der Waals surface area contributed by atoms with Crippen LogP contribution in [-0.2, 0) is 21.4 Å². The molecule has 1 aliphatic rings. The highest BCUT2D eigenvalue weighted by Gasteiger charge is 2.22. The summed E-state index contributed by atoms with van der Waals surface area (Å²) in [5.41, 5.74) is 4.48. The molecule has 0 spiro atoms. The maximum atomic E-state index is 12.4. The van der Waals surface area contributed by atoms with Gasteiger partial charge in [-0.15, -0.1) is 17.3 Å². The number of hydrogen-bond donors (Lipinski definition) is 2. The van der Waals surface area contributed by atoms with Crippen molar-refractivity contribution in [2.75, 3.05) is 5.88 Å². The lowest BCUT2D eigenvalue weighted by Gasteiger charge is -2.22. The van der Waals surface area contributed by atoms with Crippen molar-refractivity contribution in [1.29, 1.82) is 0 Å². The molecule has 0 bridgehead atoms. The Morgan fingerprint density at radius 2 is 1.97 bits per heavy atom. The van der Waals surface area contributed by atoms with Gasteiger partial charge >= 0.3 is 0 Å². The molecule has 1 aliphatic carbocycles. The van der Waals surface area contributed by atoms with Gasteiger partial charge < -0.3 is 5.32 Å². The summed E-state index contributed by atoms with van der Waals surface area (Å²) in [7, 11) is -3.51. The summed E-state index contributed by atoms with van der Waals surface area (Å²) in [4.78, 5) is 13.9. The minimum atomic E-state index is -3.51. The molecule has 0 aromatic carbocycles. The number of rotatable bonds is 9. The zero-order valence-electron chi connectivity index (χ0n) is 19.3. The van der Waals surface area contributed by atoms with Crippen molar-refractivity contribution in [2.24, 2.45) is 0 Å². The molecular formula is C24H36ClN3O3S. The predicted molar refractivity (Wildman–Crippen MR) is 134 cm³/mol. The summed E-state index contributed by atoms with van der Waals surface area (Å²) in [5, 5.41) is 2.54. The third kappa shape index (κ3) is 13.3. The molecule has 8 heteroatoms. The molecular weight excluding hydrogens is 446 g/mol. The van der Waals surface area contributed by atoms with Gasteiger partial charge in [-0.3, -0.25) is 9.78 Å². The number of alkyl halides is 1. The first-order chi connectivity index (χ1) is 15.4. The summed E-state index contributed by atoms with van der Waals surface area (Å²) in [5.74, 6) is 0.155. The number of hydrogen-bond acceptors (Lipinski definition) is 4. The lowest BCUT2D eigenvalue weighted by atomic mass is 9.96. The van der Waals surface area contributed by atoms with Crippen molar-refractivity contribution in [3.8, 4) is 0 Å². The number of aromatic nitrogens is 1. The molecule has 6 nitrogen and oxygen atoms in total. The van der Waals surface area contributed by atoms with Gasteiger partial charge in [0, 0.05) is 30.9 Å². The van der Waals surface area contributed by atoms with Crippen LogP contribution in [0, 0.1) is 0 Å². The lowest BCUT2D eigenvalue weighted by molar-refractivity contribution is -0.109. The van der Waals surface area contributed by atoms with Crippen LogP contribution < -0.4 is 10.0 Å². The van der Waals surface area contributed by atoms with Gasteiger partial charge in [0.1, 0.15) is 0 Å². The number of amides is 1. The number of carbonyl (C=O) groups is 1. The molecule has 2 rings (SSSR count). The zero-order chi connectivity index (χ0) is 24.2. The fourth-order valence-corrected chi connectivity index (χ4v) is 4.40. The second-order valence-electron chi connectivity index (χ2n) is 6.77. The van der Waals surface area contributed by atoms with E-state index in [0.29, 0.717) is 13.0 Å². The minimum absolute atomic E-state index is 0.0388. The van der Waals surface area contributed by atoms with Crippen molar-refractivity contribution in [2.45, 2.75) is 65.5 Å². The van der Waals surface area contributed by atoms with Gasteiger partial charge in [-0.05, 0) is 49.1 Å². The van der Waals surface area contributed by atoms with E-state index in [1.165, 1.54) is 12.5 Å². The largest absolute Gasteiger partial charge is 0.355 e. The molecule has 1 aromatic rings. The molecule has 1 amide bonds. The van der Waals surface area contributed by atoms with Crippen molar-refractivity contribution >= 4 is 28.0 Å². The number of carbonyl (C=O) groups excluding carboxylic acids is 1. The Kier molecular flexibility index (Phi) is 17.1. The van der Waals surface area contributed by atoms with Gasteiger partial charge in [0.25, 0.3) is 0 Å². The Bertz CT molecular complexity index is 856. The van der Waals surface area contributed by atoms with E-state index in [0.717, 1.165) is 36.8 Å². The van der Waals surface area contributed by atoms with E-state index in [1.807, 2.05) is 32.9 Å². The van der Waals surface area contributed by atoms with E-state index in [9.17, 15) is 13.2 Å². The smallest absolute Gasteiger partial charge is 0.240 e. The van der Waals surface area contributed by atoms with Crippen molar-refractivity contribution in [3.05, 3.63) is 71.1 Å². The Morgan fingerprint density at radius 1 is 1.28 bits per heavy atom. The second kappa shape index (κ2) is 18.4. The number of nitrogens with zero attached hydrogens (tertiary/aromatic N) is 1. The van der Waals surface area contributed by atoms with Crippen molar-refractivity contribution < 1.29 is 13.2 Å². The van der Waals surface area contributed by atoms with Crippen LogP contribution in [0.2, 0.25) is 0 Å². The van der Waals surface area contributed by atoms with E-state index in [4.69, 9.17) is 11.6 Å². The van der Waals surface area contributed by atoms with Gasteiger partial charge in [-0.1, -0.05) is 51.8 Å². The third-order valence-corrected chi connectivity index (χ3v) is 6.13. The van der Waals surface area contributed by atoms with Crippen LogP contribution in [0.3, 0.4) is 0 Å². The van der Waals surface area contributed by atoms with Crippen LogP contribution in [0.1, 0.15) is 58.4 Å². The number of allylic oxidation sites excluding steroid dienone is 4. The van der Waals surface area contributed by atoms with E-state index in [-0.39, 0.29) is 16.8 Å². The standard InChI is InChI=1S/C15H22ClNO2S.C7H8N2O.C2H6/c1-3-13(2)9-10-15(11-12-16)20(18,19)17-14-7-5-4-6-8-14;10-6-9-5-7-2-1-3-8-4-7;1-2/h9-11,14,17H,1,4-8,12H2,2H3;1-4,6H,5H2,(H,9,10);1-2H3/b10-9-,15-11+;;. The van der Waals surface area contributed by atoms with Gasteiger partial charge in [0.2, 0.25) is 16.4 Å². The Morgan fingerprint density at radius 3 is 2.50 bits per heavy atom. The average molecular weight is 482 g/mol. The Hall–Kier alpha value is -2.18. The zero-order valence-corrected chi connectivity index (χ0v) is 20.9. The van der Waals surface area contributed by atoms with E-state index in [2.05, 4.69) is 27.3 Å². The molecule has 1 aromatic heterocycles. The first-order valence-corrected chi connectivity index (χ1v) is 12.8. The molecule has 1 saturated carbocycles. The highest BCUT2D eigenvalue weighted by atomic mass is 35.5. The monoisotopic (exact) mass is 481 g/mol. The summed E-state index contributed by atoms with van der Waals surface area (Å²) < 4.78 is 27.5. The predicted octanol–water partition coefficient (Wildman–Crippen LogP) is 5.00. The average Bonchev–Trinajstić information content (AvgIpc) is 2.82. The maximum absolute atomic E-state index is 12.4. The molecule has 0 unspecified atom stereocenters. The Labute approximate surface area is 198 Å². The molecule has 0 saturated heterocycles. The van der Waals surface area contributed by atoms with Gasteiger partial charge in [0.05, 0.1) is 4.91 Å². The molecule has 0 radical (unpaired) electrons. The topological polar surface area (TPSA) is 88.2 Å². The van der Waals surface area contributed by atoms with Crippen LogP contribution in [0.5, 0.6) is 0 Å². The van der Waals surface area contributed by atoms with Crippen LogP contribution in [0.25, 0.3) is 0 Å². The molecule has 32 heavy (non-hydrogen) atoms. The quantitative estimate of drug-likeness (QED) is 0.225. The van der Waals surface area contributed by atoms with Crippen LogP contribution >= 0.6 is 11.6 Å². The first kappa shape index (κ1) is 29.8. The normalized spacial score (nSPS) is 14.3. The van der Waals surface area contributed by atoms with Gasteiger partial charge in [0.15, 0.2) is 0 Å². The fourth-order valence-electron chi connectivity index (χ4n) is 2.78. The van der Waals surface area contributed by atoms with E-state index >= 15 is 0 Å². The molecule has 178 valence electrons. The number of nitrogens with one attached hydrogen (secondary N) is 2. The van der Waals surface area contributed by atoms with Crippen LogP contribution in [-0.4, -0.2) is 31.7 Å². The summed E-state index contributed by atoms with van der Waals surface area (Å²) >= 11 is 5.66. The highest BCUT2D eigenvalue weighted by Crippen LogP contribution is 2.20. The number of sulfonamides is 1. The van der Waals surface area contributed by atoms with Crippen LogP contribution in [0.15, 0.2) is 65.5 Å². The van der Waals surface area contributed by atoms with Crippen molar-refractivity contribution in [1.82, 2.24) is 15.0 Å². The van der Waals surface area contributed by atoms with Gasteiger partial charge in [-0.25, -0.2) is 13.1 Å². The second-order valence-corrected chi connectivity index (χ2v) is 8.79. The lowest BCUT2D eigenvalue weighted by Crippen LogP contribution is -2.36. The first-order valence-electron chi connectivity index (χ1n) is 10.8. The molecule has 0 aliphatic heterocycles. The maximum Gasteiger partial charge on any atom is 0.240 e. The summed E-state index contributed by atoms with van der Waals surface area (Å²) in [6, 6.07) is 3.78.